The Balaban J connectivity index is 4.31. The Kier molecular flexibility index (Phi) is 5.82. The van der Waals surface area contributed by atoms with Gasteiger partial charge in [0, 0.05) is 0 Å². The van der Waals surface area contributed by atoms with Crippen LogP contribution in [0.1, 0.15) is 0 Å². The first-order valence-corrected chi connectivity index (χ1v) is 4.93. The van der Waals surface area contributed by atoms with Gasteiger partial charge in [0.2, 0.25) is 0 Å². The van der Waals surface area contributed by atoms with Gasteiger partial charge in [0.15, 0.2) is 12.4 Å². The first-order chi connectivity index (χ1) is 6.81. The van der Waals surface area contributed by atoms with Gasteiger partial charge in [-0.1, -0.05) is 4.33 Å². The van der Waals surface area contributed by atoms with E-state index in [1.54, 1.807) is 0 Å². The summed E-state index contributed by atoms with van der Waals surface area (Å²) in [6.45, 7) is -0.874. The summed E-state index contributed by atoms with van der Waals surface area (Å²) in [6.07, 6.45) is -5.55. The summed E-state index contributed by atoms with van der Waals surface area (Å²) in [7, 11) is -4.93. The minimum atomic E-state index is -4.93. The van der Waals surface area contributed by atoms with Crippen LogP contribution in [0, 0.1) is 0 Å². The highest BCUT2D eigenvalue weighted by Gasteiger charge is 2.28. The lowest BCUT2D eigenvalue weighted by Crippen LogP contribution is -2.42. The van der Waals surface area contributed by atoms with Crippen LogP contribution in [0.3, 0.4) is 0 Å². The van der Waals surface area contributed by atoms with Gasteiger partial charge in [-0.2, -0.15) is 8.42 Å². The van der Waals surface area contributed by atoms with Crippen LogP contribution in [0.15, 0.2) is 0 Å². The molecule has 0 aromatic rings. The molecule has 0 spiro atoms. The van der Waals surface area contributed by atoms with Crippen molar-refractivity contribution in [2.45, 2.75) is 18.3 Å². The van der Waals surface area contributed by atoms with Gasteiger partial charge in [-0.15, -0.1) is 0 Å². The van der Waals surface area contributed by atoms with Crippen molar-refractivity contribution >= 4 is 16.7 Å². The fourth-order valence-electron chi connectivity index (χ4n) is 0.582. The van der Waals surface area contributed by atoms with Gasteiger partial charge in [-0.05, 0) is 0 Å². The molecule has 0 bridgehead atoms. The van der Waals surface area contributed by atoms with Crippen molar-refractivity contribution in [1.82, 2.24) is 0 Å². The van der Waals surface area contributed by atoms with E-state index in [0.717, 1.165) is 0 Å². The molecular formula is C5H10O9S. The molecule has 0 aliphatic carbocycles. The third-order valence-electron chi connectivity index (χ3n) is 1.29. The zero-order chi connectivity index (χ0) is 12.1. The van der Waals surface area contributed by atoms with E-state index in [1.807, 2.05) is 0 Å². The van der Waals surface area contributed by atoms with Crippen molar-refractivity contribution in [3.63, 3.8) is 0 Å². The molecule has 3 atom stereocenters. The van der Waals surface area contributed by atoms with Crippen LogP contribution in [0.5, 0.6) is 0 Å². The maximum absolute atomic E-state index is 10.2. The van der Waals surface area contributed by atoms with Crippen molar-refractivity contribution in [3.05, 3.63) is 0 Å². The molecule has 0 radical (unpaired) electrons. The SMILES string of the molecule is O=C[C@H](OOS(=O)(=O)O)[C@@H](O)[C@H](O)CO. The number of carbonyl (C=O) groups excluding carboxylic acids is 1. The normalized spacial score (nSPS) is 18.1. The number of hydrogen-bond donors (Lipinski definition) is 4. The maximum Gasteiger partial charge on any atom is 0.424 e. The fourth-order valence-corrected chi connectivity index (χ4v) is 0.772. The van der Waals surface area contributed by atoms with Gasteiger partial charge < -0.3 is 20.1 Å². The summed E-state index contributed by atoms with van der Waals surface area (Å²) >= 11 is 0. The van der Waals surface area contributed by atoms with E-state index in [9.17, 15) is 13.2 Å². The van der Waals surface area contributed by atoms with Gasteiger partial charge in [0.1, 0.15) is 12.2 Å². The van der Waals surface area contributed by atoms with Crippen molar-refractivity contribution < 1.29 is 42.3 Å². The lowest BCUT2D eigenvalue weighted by Gasteiger charge is -2.19. The molecule has 0 amide bonds. The van der Waals surface area contributed by atoms with Gasteiger partial charge >= 0.3 is 10.4 Å². The molecule has 0 aromatic heterocycles. The van der Waals surface area contributed by atoms with E-state index in [4.69, 9.17) is 19.9 Å². The summed E-state index contributed by atoms with van der Waals surface area (Å²) < 4.78 is 31.4. The molecule has 0 unspecified atom stereocenters. The molecule has 15 heavy (non-hydrogen) atoms. The third kappa shape index (κ3) is 5.74. The topological polar surface area (TPSA) is 151 Å². The largest absolute Gasteiger partial charge is 0.424 e. The maximum atomic E-state index is 10.2. The molecule has 0 aromatic carbocycles. The number of carbonyl (C=O) groups is 1. The highest BCUT2D eigenvalue weighted by atomic mass is 32.3. The predicted octanol–water partition coefficient (Wildman–Crippen LogP) is -2.98. The van der Waals surface area contributed by atoms with Crippen LogP contribution in [0.25, 0.3) is 0 Å². The summed E-state index contributed by atoms with van der Waals surface area (Å²) in [5.41, 5.74) is 0. The monoisotopic (exact) mass is 246 g/mol. The van der Waals surface area contributed by atoms with E-state index < -0.39 is 35.3 Å². The first-order valence-electron chi connectivity index (χ1n) is 3.56. The standard InChI is InChI=1S/C5H10O9S/c6-1-3(8)5(9)4(2-7)13-14-15(10,11)12/h2-6,8-9H,1H2,(H,10,11,12)/t3-,4+,5+/m1/s1. The molecular weight excluding hydrogens is 236 g/mol. The molecule has 0 fully saturated rings. The van der Waals surface area contributed by atoms with Crippen molar-refractivity contribution in [2.24, 2.45) is 0 Å². The number of hydrogen-bond acceptors (Lipinski definition) is 8. The molecule has 0 saturated heterocycles. The lowest BCUT2D eigenvalue weighted by atomic mass is 10.1. The summed E-state index contributed by atoms with van der Waals surface area (Å²) in [6, 6.07) is 0. The molecule has 9 nitrogen and oxygen atoms in total. The third-order valence-corrected chi connectivity index (χ3v) is 1.54. The Bertz CT molecular complexity index is 285. The number of rotatable bonds is 7. The Labute approximate surface area is 84.7 Å². The molecule has 4 N–H and O–H groups in total. The quantitative estimate of drug-likeness (QED) is 0.159. The lowest BCUT2D eigenvalue weighted by molar-refractivity contribution is -0.263. The summed E-state index contributed by atoms with van der Waals surface area (Å²) in [4.78, 5) is 14.1. The highest BCUT2D eigenvalue weighted by Crippen LogP contribution is 2.04. The smallest absolute Gasteiger partial charge is 0.394 e. The van der Waals surface area contributed by atoms with E-state index in [0.29, 0.717) is 0 Å². The Morgan fingerprint density at radius 3 is 2.20 bits per heavy atom. The molecule has 0 rings (SSSR count). The average Bonchev–Trinajstić information content (AvgIpc) is 2.15. The Morgan fingerprint density at radius 1 is 1.33 bits per heavy atom. The van der Waals surface area contributed by atoms with Crippen LogP contribution in [0.4, 0.5) is 0 Å². The molecule has 90 valence electrons. The van der Waals surface area contributed by atoms with Crippen molar-refractivity contribution in [3.8, 4) is 0 Å². The minimum Gasteiger partial charge on any atom is -0.394 e. The van der Waals surface area contributed by atoms with Gasteiger partial charge in [-0.3, -0.25) is 4.55 Å². The number of aliphatic hydroxyl groups is 3. The predicted molar refractivity (Wildman–Crippen MR) is 42.7 cm³/mol. The van der Waals surface area contributed by atoms with Crippen molar-refractivity contribution in [1.29, 1.82) is 0 Å². The van der Waals surface area contributed by atoms with Crippen LogP contribution in [0.2, 0.25) is 0 Å². The number of aliphatic hydroxyl groups excluding tert-OH is 3. The van der Waals surface area contributed by atoms with Crippen molar-refractivity contribution in [2.75, 3.05) is 6.61 Å². The van der Waals surface area contributed by atoms with Crippen LogP contribution in [-0.2, 0) is 24.4 Å². The van der Waals surface area contributed by atoms with Gasteiger partial charge in [-0.25, -0.2) is 4.89 Å². The van der Waals surface area contributed by atoms with E-state index >= 15 is 0 Å². The van der Waals surface area contributed by atoms with Crippen LogP contribution in [-0.4, -0.2) is 59.5 Å². The fraction of sp³-hybridized carbons (Fsp3) is 0.800. The Hall–Kier alpha value is -0.620. The minimum absolute atomic E-state index is 0.0747. The zero-order valence-corrected chi connectivity index (χ0v) is 8.07. The van der Waals surface area contributed by atoms with Gasteiger partial charge in [0.05, 0.1) is 6.61 Å². The van der Waals surface area contributed by atoms with E-state index in [2.05, 4.69) is 9.22 Å². The molecule has 10 heteroatoms. The van der Waals surface area contributed by atoms with Crippen LogP contribution >= 0.6 is 0 Å². The molecule has 0 aliphatic rings. The molecule has 0 saturated carbocycles. The second kappa shape index (κ2) is 6.07. The van der Waals surface area contributed by atoms with E-state index in [-0.39, 0.29) is 6.29 Å². The van der Waals surface area contributed by atoms with E-state index in [1.165, 1.54) is 0 Å². The molecule has 0 heterocycles. The first kappa shape index (κ1) is 14.4. The van der Waals surface area contributed by atoms with Crippen LogP contribution < -0.4 is 0 Å². The Morgan fingerprint density at radius 2 is 1.87 bits per heavy atom. The second-order valence-electron chi connectivity index (χ2n) is 2.43. The second-order valence-corrected chi connectivity index (χ2v) is 3.42. The summed E-state index contributed by atoms with van der Waals surface area (Å²) in [5.74, 6) is 0. The average molecular weight is 246 g/mol. The number of aldehydes is 1. The summed E-state index contributed by atoms with van der Waals surface area (Å²) in [5, 5.41) is 26.3. The molecule has 0 aliphatic heterocycles. The van der Waals surface area contributed by atoms with Gasteiger partial charge in [0.25, 0.3) is 0 Å². The highest BCUT2D eigenvalue weighted by molar-refractivity contribution is 7.80. The zero-order valence-electron chi connectivity index (χ0n) is 7.25.